The van der Waals surface area contributed by atoms with Crippen molar-refractivity contribution in [2.24, 2.45) is 0 Å². The van der Waals surface area contributed by atoms with Crippen LogP contribution in [-0.4, -0.2) is 4.83 Å². The summed E-state index contributed by atoms with van der Waals surface area (Å²) in [6.45, 7) is 2.07. The first-order chi connectivity index (χ1) is 7.65. The highest BCUT2D eigenvalue weighted by Crippen LogP contribution is 2.23. The molecule has 3 heteroatoms. The second-order valence-corrected chi connectivity index (χ2v) is 5.32. The molecule has 0 spiro atoms. The van der Waals surface area contributed by atoms with Crippen LogP contribution < -0.4 is 0 Å². The van der Waals surface area contributed by atoms with E-state index >= 15 is 0 Å². The number of hydrogen-bond donors (Lipinski definition) is 0. The topological polar surface area (TPSA) is 13.1 Å². The molecular weight excluding hydrogens is 271 g/mol. The number of halogens is 2. The molecule has 0 N–H and O–H groups in total. The Balaban J connectivity index is 2.21. The number of rotatable bonds is 3. The van der Waals surface area contributed by atoms with Crippen LogP contribution in [0, 0.1) is 5.82 Å². The van der Waals surface area contributed by atoms with Crippen molar-refractivity contribution in [1.29, 1.82) is 0 Å². The Morgan fingerprint density at radius 2 is 1.88 bits per heavy atom. The molecule has 0 amide bonds. The van der Waals surface area contributed by atoms with Crippen LogP contribution in [0.1, 0.15) is 12.7 Å². The standard InChI is InChI=1S/C13H12BrFO/c1-9(14)8-12-6-7-13(16-12)10-2-4-11(15)5-3-10/h2-7,9H,8H2,1H3. The molecule has 1 heterocycles. The summed E-state index contributed by atoms with van der Waals surface area (Å²) in [6, 6.07) is 10.2. The molecule has 1 unspecified atom stereocenters. The van der Waals surface area contributed by atoms with Gasteiger partial charge in [-0.3, -0.25) is 0 Å². The maximum atomic E-state index is 12.7. The van der Waals surface area contributed by atoms with Crippen molar-refractivity contribution in [3.63, 3.8) is 0 Å². The third-order valence-corrected chi connectivity index (χ3v) is 2.60. The van der Waals surface area contributed by atoms with Gasteiger partial charge in [0, 0.05) is 16.8 Å². The minimum atomic E-state index is -0.232. The molecule has 0 saturated carbocycles. The fourth-order valence-corrected chi connectivity index (χ4v) is 1.85. The molecule has 0 saturated heterocycles. The van der Waals surface area contributed by atoms with Crippen molar-refractivity contribution in [2.45, 2.75) is 18.2 Å². The Kier molecular flexibility index (Phi) is 3.44. The maximum absolute atomic E-state index is 12.7. The first-order valence-electron chi connectivity index (χ1n) is 5.14. The molecule has 0 aliphatic heterocycles. The fourth-order valence-electron chi connectivity index (χ4n) is 1.53. The summed E-state index contributed by atoms with van der Waals surface area (Å²) in [7, 11) is 0. The summed E-state index contributed by atoms with van der Waals surface area (Å²) >= 11 is 3.48. The number of hydrogen-bond acceptors (Lipinski definition) is 1. The smallest absolute Gasteiger partial charge is 0.134 e. The molecule has 2 aromatic rings. The van der Waals surface area contributed by atoms with E-state index in [1.54, 1.807) is 12.1 Å². The number of alkyl halides is 1. The molecular formula is C13H12BrFO. The van der Waals surface area contributed by atoms with Gasteiger partial charge in [0.05, 0.1) is 0 Å². The number of benzene rings is 1. The van der Waals surface area contributed by atoms with E-state index < -0.39 is 0 Å². The van der Waals surface area contributed by atoms with Gasteiger partial charge in [0.25, 0.3) is 0 Å². The third kappa shape index (κ3) is 2.73. The molecule has 0 aliphatic carbocycles. The maximum Gasteiger partial charge on any atom is 0.134 e. The summed E-state index contributed by atoms with van der Waals surface area (Å²) in [5.74, 6) is 1.48. The molecule has 0 fully saturated rings. The van der Waals surface area contributed by atoms with Gasteiger partial charge in [0.15, 0.2) is 0 Å². The summed E-state index contributed by atoms with van der Waals surface area (Å²) < 4.78 is 18.4. The lowest BCUT2D eigenvalue weighted by molar-refractivity contribution is 0.522. The zero-order valence-electron chi connectivity index (χ0n) is 8.91. The lowest BCUT2D eigenvalue weighted by Gasteiger charge is -1.99. The molecule has 1 aromatic carbocycles. The molecule has 84 valence electrons. The molecule has 2 rings (SSSR count). The van der Waals surface area contributed by atoms with Gasteiger partial charge in [-0.25, -0.2) is 4.39 Å². The summed E-state index contributed by atoms with van der Waals surface area (Å²) in [5.41, 5.74) is 0.898. The van der Waals surface area contributed by atoms with E-state index in [2.05, 4.69) is 22.9 Å². The monoisotopic (exact) mass is 282 g/mol. The van der Waals surface area contributed by atoms with Crippen molar-refractivity contribution in [2.75, 3.05) is 0 Å². The molecule has 0 bridgehead atoms. The van der Waals surface area contributed by atoms with Crippen LogP contribution in [0.25, 0.3) is 11.3 Å². The second-order valence-electron chi connectivity index (χ2n) is 3.76. The van der Waals surface area contributed by atoms with E-state index in [1.165, 1.54) is 12.1 Å². The van der Waals surface area contributed by atoms with Crippen LogP contribution in [0.2, 0.25) is 0 Å². The Labute approximate surface area is 102 Å². The second kappa shape index (κ2) is 4.83. The van der Waals surface area contributed by atoms with Gasteiger partial charge >= 0.3 is 0 Å². The molecule has 0 aliphatic rings. The van der Waals surface area contributed by atoms with Crippen LogP contribution in [0.15, 0.2) is 40.8 Å². The predicted molar refractivity (Wildman–Crippen MR) is 66.2 cm³/mol. The molecule has 1 aromatic heterocycles. The van der Waals surface area contributed by atoms with Crippen LogP contribution in [0.5, 0.6) is 0 Å². The van der Waals surface area contributed by atoms with Crippen molar-refractivity contribution >= 4 is 15.9 Å². The zero-order valence-corrected chi connectivity index (χ0v) is 10.5. The largest absolute Gasteiger partial charge is 0.461 e. The third-order valence-electron chi connectivity index (χ3n) is 2.27. The predicted octanol–water partition coefficient (Wildman–Crippen LogP) is 4.41. The van der Waals surface area contributed by atoms with Crippen LogP contribution in [0.4, 0.5) is 4.39 Å². The van der Waals surface area contributed by atoms with Gasteiger partial charge in [0.1, 0.15) is 17.3 Å². The van der Waals surface area contributed by atoms with Gasteiger partial charge < -0.3 is 4.42 Å². The average molecular weight is 283 g/mol. The van der Waals surface area contributed by atoms with Gasteiger partial charge in [-0.1, -0.05) is 22.9 Å². The molecule has 1 nitrogen and oxygen atoms in total. The van der Waals surface area contributed by atoms with Crippen LogP contribution in [0.3, 0.4) is 0 Å². The molecule has 16 heavy (non-hydrogen) atoms. The van der Waals surface area contributed by atoms with E-state index in [-0.39, 0.29) is 5.82 Å². The highest BCUT2D eigenvalue weighted by molar-refractivity contribution is 9.09. The Hall–Kier alpha value is -1.09. The van der Waals surface area contributed by atoms with E-state index in [0.29, 0.717) is 4.83 Å². The summed E-state index contributed by atoms with van der Waals surface area (Å²) in [5, 5.41) is 0. The summed E-state index contributed by atoms with van der Waals surface area (Å²) in [4.78, 5) is 0.389. The number of furan rings is 1. The highest BCUT2D eigenvalue weighted by Gasteiger charge is 2.06. The minimum absolute atomic E-state index is 0.232. The normalized spacial score (nSPS) is 12.7. The van der Waals surface area contributed by atoms with E-state index in [0.717, 1.165) is 23.5 Å². The summed E-state index contributed by atoms with van der Waals surface area (Å²) in [6.07, 6.45) is 0.848. The van der Waals surface area contributed by atoms with E-state index in [4.69, 9.17) is 4.42 Å². The van der Waals surface area contributed by atoms with Crippen molar-refractivity contribution < 1.29 is 8.81 Å². The lowest BCUT2D eigenvalue weighted by atomic mass is 10.2. The van der Waals surface area contributed by atoms with E-state index in [9.17, 15) is 4.39 Å². The molecule has 1 atom stereocenters. The Morgan fingerprint density at radius 3 is 2.50 bits per heavy atom. The Bertz CT molecular complexity index is 459. The van der Waals surface area contributed by atoms with Gasteiger partial charge in [-0.15, -0.1) is 0 Å². The lowest BCUT2D eigenvalue weighted by Crippen LogP contribution is -1.93. The first-order valence-corrected chi connectivity index (χ1v) is 6.05. The average Bonchev–Trinajstić information content (AvgIpc) is 2.66. The van der Waals surface area contributed by atoms with Gasteiger partial charge in [-0.05, 0) is 36.4 Å². The Morgan fingerprint density at radius 1 is 1.19 bits per heavy atom. The van der Waals surface area contributed by atoms with E-state index in [1.807, 2.05) is 12.1 Å². The zero-order chi connectivity index (χ0) is 11.5. The van der Waals surface area contributed by atoms with Crippen LogP contribution >= 0.6 is 15.9 Å². The molecule has 0 radical (unpaired) electrons. The first kappa shape index (κ1) is 11.4. The van der Waals surface area contributed by atoms with Crippen molar-refractivity contribution in [3.8, 4) is 11.3 Å². The van der Waals surface area contributed by atoms with Crippen molar-refractivity contribution in [3.05, 3.63) is 48.0 Å². The van der Waals surface area contributed by atoms with Crippen molar-refractivity contribution in [1.82, 2.24) is 0 Å². The van der Waals surface area contributed by atoms with Crippen LogP contribution in [-0.2, 0) is 6.42 Å². The fraction of sp³-hybridized carbons (Fsp3) is 0.231. The van der Waals surface area contributed by atoms with Gasteiger partial charge in [0.2, 0.25) is 0 Å². The van der Waals surface area contributed by atoms with Gasteiger partial charge in [-0.2, -0.15) is 0 Å². The minimum Gasteiger partial charge on any atom is -0.461 e. The quantitative estimate of drug-likeness (QED) is 0.760. The SMILES string of the molecule is CC(Br)Cc1ccc(-c2ccc(F)cc2)o1. The highest BCUT2D eigenvalue weighted by atomic mass is 79.9.